The lowest BCUT2D eigenvalue weighted by Crippen LogP contribution is -2.51. The van der Waals surface area contributed by atoms with Gasteiger partial charge >= 0.3 is 6.03 Å². The van der Waals surface area contributed by atoms with Gasteiger partial charge in [-0.1, -0.05) is 47.5 Å². The van der Waals surface area contributed by atoms with Gasteiger partial charge in [0.2, 0.25) is 0 Å². The summed E-state index contributed by atoms with van der Waals surface area (Å²) in [6.45, 7) is 5.13. The molecule has 2 rings (SSSR count). The molecule has 0 heterocycles. The molecule has 31 heavy (non-hydrogen) atoms. The van der Waals surface area contributed by atoms with Crippen molar-refractivity contribution >= 4 is 45.5 Å². The molecule has 0 radical (unpaired) electrons. The Hall–Kier alpha value is -2.09. The van der Waals surface area contributed by atoms with Crippen LogP contribution in [-0.4, -0.2) is 37.1 Å². The zero-order valence-corrected chi connectivity index (χ0v) is 20.0. The van der Waals surface area contributed by atoms with Gasteiger partial charge in [-0.05, 0) is 57.0 Å². The van der Waals surface area contributed by atoms with Crippen molar-refractivity contribution in [2.75, 3.05) is 6.54 Å². The monoisotopic (exact) mass is 484 g/mol. The summed E-state index contributed by atoms with van der Waals surface area (Å²) < 4.78 is 27.6. The summed E-state index contributed by atoms with van der Waals surface area (Å²) in [4.78, 5) is 24.1. The first-order valence-corrected chi connectivity index (χ1v) is 11.9. The molecule has 0 aliphatic rings. The minimum Gasteiger partial charge on any atom is -0.333 e. The van der Waals surface area contributed by atoms with Crippen LogP contribution in [0.3, 0.4) is 0 Å². The normalized spacial score (nSPS) is 12.8. The van der Waals surface area contributed by atoms with Crippen LogP contribution < -0.4 is 5.32 Å². The Balaban J connectivity index is 2.50. The van der Waals surface area contributed by atoms with Gasteiger partial charge in [0.1, 0.15) is 6.29 Å². The Morgan fingerprint density at radius 1 is 1.10 bits per heavy atom. The highest BCUT2D eigenvalue weighted by Gasteiger charge is 2.33. The standard InChI is InChI=1S/C22H26Cl2N2O4S/c1-22(2,3)25-21(28)26(31(29,30)18-9-5-4-6-10-18)15-17(8-7-13-27)16-11-12-19(23)20(24)14-16/h4-6,9-14,17H,7-8,15H2,1-3H3,(H,25,28)/t17-/m1/s1. The van der Waals surface area contributed by atoms with Crippen molar-refractivity contribution < 1.29 is 18.0 Å². The number of amides is 2. The van der Waals surface area contributed by atoms with E-state index in [1.807, 2.05) is 0 Å². The number of hydrogen-bond acceptors (Lipinski definition) is 4. The quantitative estimate of drug-likeness (QED) is 0.518. The van der Waals surface area contributed by atoms with Crippen molar-refractivity contribution in [3.63, 3.8) is 0 Å². The van der Waals surface area contributed by atoms with Crippen LogP contribution in [0.25, 0.3) is 0 Å². The van der Waals surface area contributed by atoms with Crippen LogP contribution in [0, 0.1) is 0 Å². The second kappa shape index (κ2) is 10.5. The maximum absolute atomic E-state index is 13.4. The molecule has 0 saturated carbocycles. The SMILES string of the molecule is CC(C)(C)NC(=O)N(C[C@@H](CCC=O)c1ccc(Cl)c(Cl)c1)S(=O)(=O)c1ccccc1. The number of sulfonamides is 1. The zero-order valence-electron chi connectivity index (χ0n) is 17.6. The molecule has 0 bridgehead atoms. The van der Waals surface area contributed by atoms with Crippen molar-refractivity contribution in [3.05, 3.63) is 64.1 Å². The molecule has 2 amide bonds. The van der Waals surface area contributed by atoms with Gasteiger partial charge in [-0.15, -0.1) is 0 Å². The van der Waals surface area contributed by atoms with E-state index in [1.54, 1.807) is 57.2 Å². The number of carbonyl (C=O) groups is 2. The number of carbonyl (C=O) groups excluding carboxylic acids is 2. The third-order valence-electron chi connectivity index (χ3n) is 4.47. The summed E-state index contributed by atoms with van der Waals surface area (Å²) in [5.74, 6) is -0.454. The third-order valence-corrected chi connectivity index (χ3v) is 6.98. The highest BCUT2D eigenvalue weighted by Crippen LogP contribution is 2.31. The van der Waals surface area contributed by atoms with Crippen LogP contribution in [0.2, 0.25) is 10.0 Å². The van der Waals surface area contributed by atoms with E-state index < -0.39 is 27.5 Å². The molecule has 0 aromatic heterocycles. The highest BCUT2D eigenvalue weighted by molar-refractivity contribution is 7.89. The molecule has 2 aromatic rings. The third kappa shape index (κ3) is 6.95. The highest BCUT2D eigenvalue weighted by atomic mass is 35.5. The summed E-state index contributed by atoms with van der Waals surface area (Å²) in [5, 5.41) is 3.39. The molecule has 0 unspecified atom stereocenters. The summed E-state index contributed by atoms with van der Waals surface area (Å²) in [7, 11) is -4.15. The van der Waals surface area contributed by atoms with Gasteiger partial charge < -0.3 is 10.1 Å². The molecule has 1 N–H and O–H groups in total. The molecular weight excluding hydrogens is 459 g/mol. The molecule has 6 nitrogen and oxygen atoms in total. The van der Waals surface area contributed by atoms with Crippen LogP contribution in [0.15, 0.2) is 53.4 Å². The molecule has 2 aromatic carbocycles. The summed E-state index contributed by atoms with van der Waals surface area (Å²) in [6.07, 6.45) is 1.30. The average molecular weight is 485 g/mol. The van der Waals surface area contributed by atoms with Crippen LogP contribution in [0.5, 0.6) is 0 Å². The first-order chi connectivity index (χ1) is 14.5. The van der Waals surface area contributed by atoms with Crippen LogP contribution in [-0.2, 0) is 14.8 Å². The van der Waals surface area contributed by atoms with E-state index in [1.165, 1.54) is 12.1 Å². The molecule has 0 fully saturated rings. The van der Waals surface area contributed by atoms with E-state index in [0.717, 1.165) is 10.6 Å². The number of nitrogens with zero attached hydrogens (tertiary/aromatic N) is 1. The molecule has 0 saturated heterocycles. The second-order valence-corrected chi connectivity index (χ2v) is 10.8. The minimum absolute atomic E-state index is 0.00216. The van der Waals surface area contributed by atoms with Crippen molar-refractivity contribution in [3.8, 4) is 0 Å². The first-order valence-electron chi connectivity index (χ1n) is 9.74. The number of urea groups is 1. The topological polar surface area (TPSA) is 83.6 Å². The van der Waals surface area contributed by atoms with Crippen molar-refractivity contribution in [1.82, 2.24) is 9.62 Å². The minimum atomic E-state index is -4.15. The average Bonchev–Trinajstić information content (AvgIpc) is 2.69. The lowest BCUT2D eigenvalue weighted by Gasteiger charge is -2.31. The molecule has 168 valence electrons. The number of rotatable bonds is 8. The van der Waals surface area contributed by atoms with Gasteiger partial charge in [-0.2, -0.15) is 0 Å². The number of benzene rings is 2. The van der Waals surface area contributed by atoms with E-state index in [0.29, 0.717) is 22.0 Å². The van der Waals surface area contributed by atoms with E-state index in [9.17, 15) is 18.0 Å². The number of halogens is 2. The van der Waals surface area contributed by atoms with Crippen LogP contribution in [0.4, 0.5) is 4.79 Å². The Morgan fingerprint density at radius 3 is 2.29 bits per heavy atom. The Kier molecular flexibility index (Phi) is 8.51. The lowest BCUT2D eigenvalue weighted by molar-refractivity contribution is -0.108. The van der Waals surface area contributed by atoms with Gasteiger partial charge in [0.15, 0.2) is 0 Å². The predicted octanol–water partition coefficient (Wildman–Crippen LogP) is 5.26. The molecular formula is C22H26Cl2N2O4S. The Labute approximate surface area is 193 Å². The second-order valence-electron chi connectivity index (χ2n) is 8.14. The summed E-state index contributed by atoms with van der Waals surface area (Å²) in [6, 6.07) is 12.0. The maximum Gasteiger partial charge on any atom is 0.331 e. The fraction of sp³-hybridized carbons (Fsp3) is 0.364. The van der Waals surface area contributed by atoms with Crippen molar-refractivity contribution in [2.24, 2.45) is 0 Å². The number of aldehydes is 1. The number of hydrogen-bond donors (Lipinski definition) is 1. The molecule has 9 heteroatoms. The van der Waals surface area contributed by atoms with Gasteiger partial charge in [0.05, 0.1) is 14.9 Å². The predicted molar refractivity (Wildman–Crippen MR) is 123 cm³/mol. The fourth-order valence-electron chi connectivity index (χ4n) is 2.99. The number of nitrogens with one attached hydrogen (secondary N) is 1. The summed E-state index contributed by atoms with van der Waals surface area (Å²) in [5.41, 5.74) is 0.0386. The van der Waals surface area contributed by atoms with E-state index in [-0.39, 0.29) is 17.9 Å². The zero-order chi connectivity index (χ0) is 23.2. The Morgan fingerprint density at radius 2 is 1.74 bits per heavy atom. The van der Waals surface area contributed by atoms with Crippen molar-refractivity contribution in [2.45, 2.75) is 50.0 Å². The van der Waals surface area contributed by atoms with Crippen molar-refractivity contribution in [1.29, 1.82) is 0 Å². The lowest BCUT2D eigenvalue weighted by atomic mass is 9.94. The van der Waals surface area contributed by atoms with Gasteiger partial charge in [-0.3, -0.25) is 0 Å². The molecule has 0 spiro atoms. The first kappa shape index (κ1) is 25.2. The largest absolute Gasteiger partial charge is 0.333 e. The molecule has 1 atom stereocenters. The summed E-state index contributed by atoms with van der Waals surface area (Å²) >= 11 is 12.2. The molecule has 0 aliphatic carbocycles. The fourth-order valence-corrected chi connectivity index (χ4v) is 4.69. The van der Waals surface area contributed by atoms with Gasteiger partial charge in [0.25, 0.3) is 10.0 Å². The van der Waals surface area contributed by atoms with Crippen LogP contribution in [0.1, 0.15) is 45.1 Å². The van der Waals surface area contributed by atoms with E-state index in [2.05, 4.69) is 5.32 Å². The van der Waals surface area contributed by atoms with Gasteiger partial charge in [0, 0.05) is 24.4 Å². The van der Waals surface area contributed by atoms with E-state index >= 15 is 0 Å². The maximum atomic E-state index is 13.4. The molecule has 0 aliphatic heterocycles. The van der Waals surface area contributed by atoms with Gasteiger partial charge in [-0.25, -0.2) is 17.5 Å². The van der Waals surface area contributed by atoms with Crippen LogP contribution >= 0.6 is 23.2 Å². The Bertz CT molecular complexity index is 1020. The smallest absolute Gasteiger partial charge is 0.331 e. The van der Waals surface area contributed by atoms with E-state index in [4.69, 9.17) is 23.2 Å².